The van der Waals surface area contributed by atoms with Crippen molar-refractivity contribution < 1.29 is 22.3 Å². The normalized spacial score (nSPS) is 29.1. The molecule has 0 radical (unpaired) electrons. The van der Waals surface area contributed by atoms with E-state index in [9.17, 15) is 8.78 Å². The van der Waals surface area contributed by atoms with Crippen molar-refractivity contribution in [1.82, 2.24) is 0 Å². The quantitative estimate of drug-likeness (QED) is 0.303. The van der Waals surface area contributed by atoms with Gasteiger partial charge in [-0.3, -0.25) is 0 Å². The Labute approximate surface area is 178 Å². The van der Waals surface area contributed by atoms with E-state index in [0.717, 1.165) is 12.8 Å². The van der Waals surface area contributed by atoms with Gasteiger partial charge in [-0.2, -0.15) is 0 Å². The highest BCUT2D eigenvalue weighted by molar-refractivity contribution is 5.30. The highest BCUT2D eigenvalue weighted by atomic mass is 19.3. The van der Waals surface area contributed by atoms with Crippen LogP contribution in [0.25, 0.3) is 0 Å². The first kappa shape index (κ1) is 23.6. The zero-order valence-electron chi connectivity index (χ0n) is 18.4. The molecule has 1 aromatic rings. The van der Waals surface area contributed by atoms with Crippen LogP contribution in [0.2, 0.25) is 0 Å². The van der Waals surface area contributed by atoms with E-state index in [1.807, 2.05) is 6.92 Å². The van der Waals surface area contributed by atoms with Crippen molar-refractivity contribution in [1.29, 1.82) is 0 Å². The number of unbranched alkanes of at least 4 members (excludes halogenated alkanes) is 2. The number of rotatable bonds is 8. The lowest BCUT2D eigenvalue weighted by atomic mass is 9.72. The fourth-order valence-corrected chi connectivity index (χ4v) is 5.33. The summed E-state index contributed by atoms with van der Waals surface area (Å²) in [5.41, 5.74) is 0.425. The van der Waals surface area contributed by atoms with Crippen LogP contribution >= 0.6 is 0 Å². The molecule has 1 nitrogen and oxygen atoms in total. The molecule has 5 heteroatoms. The van der Waals surface area contributed by atoms with Gasteiger partial charge in [0.15, 0.2) is 11.6 Å². The molecule has 0 spiro atoms. The third-order valence-corrected chi connectivity index (χ3v) is 7.11. The Hall–Kier alpha value is -1.10. The molecule has 0 N–H and O–H groups in total. The lowest BCUT2D eigenvalue weighted by Gasteiger charge is -2.42. The van der Waals surface area contributed by atoms with Crippen LogP contribution in [-0.4, -0.2) is 18.6 Å². The maximum Gasteiger partial charge on any atom is 0.253 e. The topological polar surface area (TPSA) is 9.23 Å². The summed E-state index contributed by atoms with van der Waals surface area (Å²) < 4.78 is 65.0. The zero-order chi connectivity index (χ0) is 21.7. The van der Waals surface area contributed by atoms with Crippen LogP contribution in [-0.2, 0) is 11.2 Å². The third kappa shape index (κ3) is 5.38. The van der Waals surface area contributed by atoms with Crippen LogP contribution in [0.4, 0.5) is 17.6 Å². The van der Waals surface area contributed by atoms with E-state index in [4.69, 9.17) is 4.74 Å². The minimum atomic E-state index is -2.92. The number of benzene rings is 1. The lowest BCUT2D eigenvalue weighted by Crippen LogP contribution is -2.45. The number of halogens is 4. The summed E-state index contributed by atoms with van der Waals surface area (Å²) >= 11 is 0. The van der Waals surface area contributed by atoms with Crippen molar-refractivity contribution in [3.8, 4) is 0 Å². The van der Waals surface area contributed by atoms with Gasteiger partial charge < -0.3 is 4.74 Å². The van der Waals surface area contributed by atoms with E-state index in [1.54, 1.807) is 6.07 Å². The van der Waals surface area contributed by atoms with Crippen molar-refractivity contribution in [2.24, 2.45) is 11.8 Å². The first-order chi connectivity index (χ1) is 14.4. The molecule has 3 rings (SSSR count). The number of alkyl halides is 2. The molecule has 1 heterocycles. The van der Waals surface area contributed by atoms with Crippen molar-refractivity contribution >= 4 is 0 Å². The molecule has 2 fully saturated rings. The summed E-state index contributed by atoms with van der Waals surface area (Å²) in [6.07, 6.45) is 7.35. The molecule has 2 aliphatic rings. The standard InChI is InChI=1S/C25H36F4O/c1-3-5-6-8-17-9-14-22(30-16-17)21-13-11-19(15-25(21,28)29)20-12-10-18(7-4-2)23(26)24(20)27/h10,12,17,19,21-22H,3-9,11,13-16H2,1-2H3. The van der Waals surface area contributed by atoms with Crippen LogP contribution in [0.1, 0.15) is 95.1 Å². The molecule has 4 unspecified atom stereocenters. The summed E-state index contributed by atoms with van der Waals surface area (Å²) in [4.78, 5) is 0. The predicted molar refractivity (Wildman–Crippen MR) is 112 cm³/mol. The molecule has 4 atom stereocenters. The summed E-state index contributed by atoms with van der Waals surface area (Å²) in [6.45, 7) is 4.64. The summed E-state index contributed by atoms with van der Waals surface area (Å²) in [7, 11) is 0. The van der Waals surface area contributed by atoms with Crippen LogP contribution in [0.15, 0.2) is 12.1 Å². The lowest BCUT2D eigenvalue weighted by molar-refractivity contribution is -0.163. The Morgan fingerprint density at radius 2 is 1.77 bits per heavy atom. The van der Waals surface area contributed by atoms with Crippen LogP contribution < -0.4 is 0 Å². The first-order valence-corrected chi connectivity index (χ1v) is 11.8. The Bertz CT molecular complexity index is 682. The molecule has 1 saturated heterocycles. The van der Waals surface area contributed by atoms with E-state index >= 15 is 8.78 Å². The second-order valence-corrected chi connectivity index (χ2v) is 9.35. The maximum absolute atomic E-state index is 15.1. The van der Waals surface area contributed by atoms with Gasteiger partial charge in [0.2, 0.25) is 0 Å². The molecule has 1 aromatic carbocycles. The van der Waals surface area contributed by atoms with Gasteiger partial charge >= 0.3 is 0 Å². The minimum absolute atomic E-state index is 0.103. The van der Waals surface area contributed by atoms with Gasteiger partial charge in [-0.05, 0) is 61.5 Å². The number of hydrogen-bond donors (Lipinski definition) is 0. The van der Waals surface area contributed by atoms with Gasteiger partial charge in [-0.15, -0.1) is 0 Å². The van der Waals surface area contributed by atoms with E-state index < -0.39 is 41.9 Å². The molecule has 0 aromatic heterocycles. The van der Waals surface area contributed by atoms with Crippen LogP contribution in [0.5, 0.6) is 0 Å². The van der Waals surface area contributed by atoms with Crippen molar-refractivity contribution in [2.75, 3.05) is 6.61 Å². The SMILES string of the molecule is CCCCCC1CCC(C2CCC(c3ccc(CCC)c(F)c3F)CC2(F)F)OC1. The van der Waals surface area contributed by atoms with E-state index in [0.29, 0.717) is 50.2 Å². The number of aryl methyl sites for hydroxylation is 1. The van der Waals surface area contributed by atoms with Gasteiger partial charge in [0.05, 0.1) is 6.10 Å². The van der Waals surface area contributed by atoms with Crippen molar-refractivity contribution in [3.05, 3.63) is 34.9 Å². The van der Waals surface area contributed by atoms with Gasteiger partial charge in [0.1, 0.15) is 0 Å². The predicted octanol–water partition coefficient (Wildman–Crippen LogP) is 7.81. The highest BCUT2D eigenvalue weighted by Gasteiger charge is 2.50. The molecule has 1 aliphatic heterocycles. The second-order valence-electron chi connectivity index (χ2n) is 9.35. The Morgan fingerprint density at radius 3 is 2.40 bits per heavy atom. The van der Waals surface area contributed by atoms with Gasteiger partial charge in [-0.1, -0.05) is 51.7 Å². The molecule has 170 valence electrons. The van der Waals surface area contributed by atoms with E-state index in [2.05, 4.69) is 6.92 Å². The first-order valence-electron chi connectivity index (χ1n) is 11.8. The third-order valence-electron chi connectivity index (χ3n) is 7.11. The fraction of sp³-hybridized carbons (Fsp3) is 0.760. The molecule has 1 aliphatic carbocycles. The maximum atomic E-state index is 15.1. The smallest absolute Gasteiger partial charge is 0.253 e. The average Bonchev–Trinajstić information content (AvgIpc) is 2.72. The largest absolute Gasteiger partial charge is 0.377 e. The Morgan fingerprint density at radius 1 is 0.967 bits per heavy atom. The fourth-order valence-electron chi connectivity index (χ4n) is 5.33. The van der Waals surface area contributed by atoms with Crippen molar-refractivity contribution in [2.45, 2.75) is 102 Å². The molecular formula is C25H36F4O. The van der Waals surface area contributed by atoms with Gasteiger partial charge in [0, 0.05) is 18.9 Å². The molecule has 0 amide bonds. The number of hydrogen-bond acceptors (Lipinski definition) is 1. The Balaban J connectivity index is 1.61. The van der Waals surface area contributed by atoms with E-state index in [1.165, 1.54) is 25.3 Å². The molecule has 30 heavy (non-hydrogen) atoms. The van der Waals surface area contributed by atoms with Gasteiger partial charge in [0.25, 0.3) is 5.92 Å². The second kappa shape index (κ2) is 10.5. The molecule has 0 bridgehead atoms. The Kier molecular flexibility index (Phi) is 8.23. The molecular weight excluding hydrogens is 392 g/mol. The monoisotopic (exact) mass is 428 g/mol. The van der Waals surface area contributed by atoms with Crippen LogP contribution in [0, 0.1) is 23.5 Å². The molecule has 1 saturated carbocycles. The highest BCUT2D eigenvalue weighted by Crippen LogP contribution is 2.49. The van der Waals surface area contributed by atoms with Crippen molar-refractivity contribution in [3.63, 3.8) is 0 Å². The summed E-state index contributed by atoms with van der Waals surface area (Å²) in [6, 6.07) is 3.08. The summed E-state index contributed by atoms with van der Waals surface area (Å²) in [5.74, 6) is -5.72. The average molecular weight is 429 g/mol. The van der Waals surface area contributed by atoms with Crippen LogP contribution in [0.3, 0.4) is 0 Å². The number of ether oxygens (including phenoxy) is 1. The van der Waals surface area contributed by atoms with Gasteiger partial charge in [-0.25, -0.2) is 17.6 Å². The van der Waals surface area contributed by atoms with E-state index in [-0.39, 0.29) is 5.56 Å². The summed E-state index contributed by atoms with van der Waals surface area (Å²) in [5, 5.41) is 0. The zero-order valence-corrected chi connectivity index (χ0v) is 18.4. The minimum Gasteiger partial charge on any atom is -0.377 e.